The maximum absolute atomic E-state index is 12.6. The third-order valence-corrected chi connectivity index (χ3v) is 3.54. The molecule has 1 unspecified atom stereocenters. The number of likely N-dealkylation sites (N-methyl/N-ethyl adjacent to an activating group) is 1. The second kappa shape index (κ2) is 6.99. The van der Waals surface area contributed by atoms with Gasteiger partial charge in [0.1, 0.15) is 5.92 Å². The first kappa shape index (κ1) is 15.2. The highest BCUT2D eigenvalue weighted by atomic mass is 32.1. The molecule has 0 bridgehead atoms. The molecule has 1 amide bonds. The van der Waals surface area contributed by atoms with Gasteiger partial charge < -0.3 is 10.6 Å². The smallest absolute Gasteiger partial charge is 0.237 e. The van der Waals surface area contributed by atoms with Gasteiger partial charge in [0.2, 0.25) is 5.91 Å². The van der Waals surface area contributed by atoms with Gasteiger partial charge in [0, 0.05) is 13.6 Å². The number of carbonyl (C=O) groups is 1. The lowest BCUT2D eigenvalue weighted by Gasteiger charge is -2.23. The van der Waals surface area contributed by atoms with Crippen molar-refractivity contribution in [3.63, 3.8) is 0 Å². The summed E-state index contributed by atoms with van der Waals surface area (Å²) in [6.07, 6.45) is 0. The molecule has 1 atom stereocenters. The zero-order valence-electron chi connectivity index (χ0n) is 11.9. The van der Waals surface area contributed by atoms with Crippen LogP contribution in [-0.4, -0.2) is 22.8 Å². The standard InChI is InChI=1S/C17H18N2OS/c1-19(12-13-8-4-2-5-9-13)17(20)15(16(18)21)14-10-6-3-7-11-14/h2-11,15H,12H2,1H3,(H2,18,21). The Morgan fingerprint density at radius 2 is 1.62 bits per heavy atom. The van der Waals surface area contributed by atoms with Crippen LogP contribution in [0.3, 0.4) is 0 Å². The van der Waals surface area contributed by atoms with Crippen molar-refractivity contribution in [2.24, 2.45) is 5.73 Å². The first-order chi connectivity index (χ1) is 10.1. The minimum Gasteiger partial charge on any atom is -0.392 e. The molecule has 0 aliphatic carbocycles. The summed E-state index contributed by atoms with van der Waals surface area (Å²) in [6.45, 7) is 0.533. The van der Waals surface area contributed by atoms with E-state index in [0.717, 1.165) is 11.1 Å². The summed E-state index contributed by atoms with van der Waals surface area (Å²) in [7, 11) is 1.77. The third kappa shape index (κ3) is 3.89. The molecular weight excluding hydrogens is 280 g/mol. The van der Waals surface area contributed by atoms with Crippen LogP contribution in [0.5, 0.6) is 0 Å². The Balaban J connectivity index is 2.17. The van der Waals surface area contributed by atoms with E-state index in [-0.39, 0.29) is 10.9 Å². The second-order valence-electron chi connectivity index (χ2n) is 4.93. The van der Waals surface area contributed by atoms with Crippen molar-refractivity contribution < 1.29 is 4.79 Å². The molecule has 3 nitrogen and oxygen atoms in total. The van der Waals surface area contributed by atoms with Crippen molar-refractivity contribution >= 4 is 23.1 Å². The Bertz CT molecular complexity index is 613. The predicted molar refractivity (Wildman–Crippen MR) is 88.9 cm³/mol. The Morgan fingerprint density at radius 1 is 1.10 bits per heavy atom. The topological polar surface area (TPSA) is 46.3 Å². The number of rotatable bonds is 5. The summed E-state index contributed by atoms with van der Waals surface area (Å²) < 4.78 is 0. The Labute approximate surface area is 130 Å². The lowest BCUT2D eigenvalue weighted by Crippen LogP contribution is -2.37. The van der Waals surface area contributed by atoms with Gasteiger partial charge in [0.05, 0.1) is 4.99 Å². The van der Waals surface area contributed by atoms with Crippen LogP contribution >= 0.6 is 12.2 Å². The van der Waals surface area contributed by atoms with Gasteiger partial charge in [-0.15, -0.1) is 0 Å². The van der Waals surface area contributed by atoms with Crippen LogP contribution in [0.25, 0.3) is 0 Å². The number of nitrogens with zero attached hydrogens (tertiary/aromatic N) is 1. The van der Waals surface area contributed by atoms with E-state index < -0.39 is 5.92 Å². The van der Waals surface area contributed by atoms with E-state index in [4.69, 9.17) is 18.0 Å². The molecular formula is C17H18N2OS. The van der Waals surface area contributed by atoms with Crippen molar-refractivity contribution in [1.82, 2.24) is 4.90 Å². The Kier molecular flexibility index (Phi) is 5.06. The molecule has 0 saturated carbocycles. The zero-order chi connectivity index (χ0) is 15.2. The Morgan fingerprint density at radius 3 is 2.14 bits per heavy atom. The van der Waals surface area contributed by atoms with Gasteiger partial charge in [-0.1, -0.05) is 72.9 Å². The zero-order valence-corrected chi connectivity index (χ0v) is 12.7. The van der Waals surface area contributed by atoms with Crippen LogP contribution < -0.4 is 5.73 Å². The average molecular weight is 298 g/mol. The van der Waals surface area contributed by atoms with Crippen molar-refractivity contribution in [3.05, 3.63) is 71.8 Å². The molecule has 2 rings (SSSR count). The molecule has 0 saturated heterocycles. The summed E-state index contributed by atoms with van der Waals surface area (Å²) in [5.41, 5.74) is 7.69. The maximum Gasteiger partial charge on any atom is 0.237 e. The quantitative estimate of drug-likeness (QED) is 0.863. The molecule has 108 valence electrons. The van der Waals surface area contributed by atoms with Gasteiger partial charge in [-0.05, 0) is 11.1 Å². The molecule has 2 aromatic rings. The lowest BCUT2D eigenvalue weighted by molar-refractivity contribution is -0.130. The van der Waals surface area contributed by atoms with Crippen LogP contribution in [0.4, 0.5) is 0 Å². The van der Waals surface area contributed by atoms with Crippen molar-refractivity contribution in [3.8, 4) is 0 Å². The van der Waals surface area contributed by atoms with Gasteiger partial charge >= 0.3 is 0 Å². The normalized spacial score (nSPS) is 11.7. The molecule has 0 fully saturated rings. The van der Waals surface area contributed by atoms with Gasteiger partial charge in [0.25, 0.3) is 0 Å². The molecule has 0 aliphatic rings. The number of hydrogen-bond acceptors (Lipinski definition) is 2. The summed E-state index contributed by atoms with van der Waals surface area (Å²) in [5, 5.41) is 0. The number of thiocarbonyl (C=S) groups is 1. The molecule has 0 spiro atoms. The van der Waals surface area contributed by atoms with Crippen molar-refractivity contribution in [2.75, 3.05) is 7.05 Å². The monoisotopic (exact) mass is 298 g/mol. The van der Waals surface area contributed by atoms with Crippen LogP contribution in [0.15, 0.2) is 60.7 Å². The van der Waals surface area contributed by atoms with Crippen LogP contribution in [0, 0.1) is 0 Å². The third-order valence-electron chi connectivity index (χ3n) is 3.30. The summed E-state index contributed by atoms with van der Waals surface area (Å²) in [6, 6.07) is 19.2. The van der Waals surface area contributed by atoms with Crippen molar-refractivity contribution in [2.45, 2.75) is 12.5 Å². The highest BCUT2D eigenvalue weighted by Crippen LogP contribution is 2.19. The van der Waals surface area contributed by atoms with Gasteiger partial charge in [-0.2, -0.15) is 0 Å². The first-order valence-corrected chi connectivity index (χ1v) is 7.13. The molecule has 4 heteroatoms. The number of nitrogens with two attached hydrogens (primary N) is 1. The van der Waals surface area contributed by atoms with E-state index in [2.05, 4.69) is 0 Å². The fraction of sp³-hybridized carbons (Fsp3) is 0.176. The number of amides is 1. The van der Waals surface area contributed by atoms with E-state index in [1.807, 2.05) is 60.7 Å². The second-order valence-corrected chi connectivity index (χ2v) is 5.40. The molecule has 2 aromatic carbocycles. The molecule has 0 heterocycles. The first-order valence-electron chi connectivity index (χ1n) is 6.72. The predicted octanol–water partition coefficient (Wildman–Crippen LogP) is 2.71. The number of carbonyl (C=O) groups excluding carboxylic acids is 1. The number of benzene rings is 2. The molecule has 21 heavy (non-hydrogen) atoms. The molecule has 0 aromatic heterocycles. The van der Waals surface area contributed by atoms with Crippen LogP contribution in [-0.2, 0) is 11.3 Å². The van der Waals surface area contributed by atoms with E-state index in [1.54, 1.807) is 11.9 Å². The van der Waals surface area contributed by atoms with E-state index >= 15 is 0 Å². The molecule has 2 N–H and O–H groups in total. The van der Waals surface area contributed by atoms with Gasteiger partial charge in [0.15, 0.2) is 0 Å². The molecule has 0 radical (unpaired) electrons. The highest BCUT2D eigenvalue weighted by molar-refractivity contribution is 7.80. The SMILES string of the molecule is CN(Cc1ccccc1)C(=O)C(C(N)=S)c1ccccc1. The van der Waals surface area contributed by atoms with Crippen molar-refractivity contribution in [1.29, 1.82) is 0 Å². The van der Waals surface area contributed by atoms with E-state index in [1.165, 1.54) is 0 Å². The lowest BCUT2D eigenvalue weighted by atomic mass is 9.97. The molecule has 0 aliphatic heterocycles. The Hall–Kier alpha value is -2.20. The minimum absolute atomic E-state index is 0.0856. The van der Waals surface area contributed by atoms with E-state index in [9.17, 15) is 4.79 Å². The fourth-order valence-electron chi connectivity index (χ4n) is 2.23. The average Bonchev–Trinajstić information content (AvgIpc) is 2.49. The maximum atomic E-state index is 12.6. The van der Waals surface area contributed by atoms with Gasteiger partial charge in [-0.3, -0.25) is 4.79 Å². The van der Waals surface area contributed by atoms with E-state index in [0.29, 0.717) is 6.54 Å². The van der Waals surface area contributed by atoms with Crippen LogP contribution in [0.1, 0.15) is 17.0 Å². The number of hydrogen-bond donors (Lipinski definition) is 1. The summed E-state index contributed by atoms with van der Waals surface area (Å²) >= 11 is 5.09. The fourth-order valence-corrected chi connectivity index (χ4v) is 2.47. The highest BCUT2D eigenvalue weighted by Gasteiger charge is 2.26. The largest absolute Gasteiger partial charge is 0.392 e. The van der Waals surface area contributed by atoms with Crippen LogP contribution in [0.2, 0.25) is 0 Å². The minimum atomic E-state index is -0.574. The summed E-state index contributed by atoms with van der Waals surface area (Å²) in [4.78, 5) is 14.5. The summed E-state index contributed by atoms with van der Waals surface area (Å²) in [5.74, 6) is -0.660. The van der Waals surface area contributed by atoms with Gasteiger partial charge in [-0.25, -0.2) is 0 Å².